The smallest absolute Gasteiger partial charge is 0.174 e. The summed E-state index contributed by atoms with van der Waals surface area (Å²) >= 11 is 8.28. The van der Waals surface area contributed by atoms with Crippen LogP contribution in [0.2, 0.25) is 5.02 Å². The Balaban J connectivity index is 1.16. The lowest BCUT2D eigenvalue weighted by atomic mass is 9.76. The maximum absolute atomic E-state index is 6.10. The van der Waals surface area contributed by atoms with Crippen molar-refractivity contribution in [2.45, 2.75) is 31.9 Å². The second kappa shape index (κ2) is 11.7. The average molecular weight is 661 g/mol. The van der Waals surface area contributed by atoms with Crippen molar-refractivity contribution in [3.05, 3.63) is 127 Å². The van der Waals surface area contributed by atoms with Gasteiger partial charge in [-0.3, -0.25) is 4.99 Å². The molecule has 0 aromatic heterocycles. The number of methoxy groups -OCH3 is 1. The number of anilines is 1. The number of halogens is 2. The van der Waals surface area contributed by atoms with E-state index < -0.39 is 0 Å². The number of benzene rings is 4. The van der Waals surface area contributed by atoms with Crippen LogP contribution in [0.5, 0.6) is 11.5 Å². The standard InChI is InChI=1S/C34H30ClIN2O2/c1-21-6-15-31-29(16-21)27-4-3-5-28(27)33(38-31)24-9-13-26(14-10-24)37-19-23-17-30(36)34(32(18-23)39-2)40-20-22-7-11-25(35)12-8-22/h3-4,6-19,27-28,33,38H,5,20H2,1-2H3/t27-,28-,33+/m1/s1. The van der Waals surface area contributed by atoms with Gasteiger partial charge >= 0.3 is 0 Å². The quantitative estimate of drug-likeness (QED) is 0.122. The van der Waals surface area contributed by atoms with Crippen molar-refractivity contribution in [1.29, 1.82) is 0 Å². The Labute approximate surface area is 254 Å². The van der Waals surface area contributed by atoms with Gasteiger partial charge in [-0.05, 0) is 107 Å². The van der Waals surface area contributed by atoms with Crippen molar-refractivity contribution in [1.82, 2.24) is 0 Å². The fourth-order valence-corrected chi connectivity index (χ4v) is 6.56. The second-order valence-corrected chi connectivity index (χ2v) is 12.0. The van der Waals surface area contributed by atoms with Crippen LogP contribution in [-0.4, -0.2) is 13.3 Å². The third kappa shape index (κ3) is 5.63. The van der Waals surface area contributed by atoms with Crippen LogP contribution < -0.4 is 14.8 Å². The lowest BCUT2D eigenvalue weighted by Crippen LogP contribution is -2.29. The van der Waals surface area contributed by atoms with Crippen LogP contribution in [0.15, 0.2) is 96.0 Å². The van der Waals surface area contributed by atoms with Crippen molar-refractivity contribution in [2.75, 3.05) is 12.4 Å². The molecular weight excluding hydrogens is 631 g/mol. The van der Waals surface area contributed by atoms with Crippen molar-refractivity contribution in [2.24, 2.45) is 10.9 Å². The minimum atomic E-state index is 0.277. The van der Waals surface area contributed by atoms with E-state index in [1.54, 1.807) is 7.11 Å². The summed E-state index contributed by atoms with van der Waals surface area (Å²) in [7, 11) is 1.66. The lowest BCUT2D eigenvalue weighted by molar-refractivity contribution is 0.282. The SMILES string of the molecule is COc1cc(C=Nc2ccc([C@@H]3Nc4ccc(C)cc4[C@@H]4C=CC[C@H]43)cc2)cc(I)c1OCc1ccc(Cl)cc1. The van der Waals surface area contributed by atoms with E-state index in [0.29, 0.717) is 29.2 Å². The second-order valence-electron chi connectivity index (χ2n) is 10.4. The number of ether oxygens (including phenoxy) is 2. The van der Waals surface area contributed by atoms with Gasteiger partial charge in [0.05, 0.1) is 22.4 Å². The van der Waals surface area contributed by atoms with Crippen molar-refractivity contribution in [3.8, 4) is 11.5 Å². The molecule has 1 aliphatic heterocycles. The minimum absolute atomic E-state index is 0.277. The molecule has 6 heteroatoms. The fraction of sp³-hybridized carbons (Fsp3) is 0.206. The summed E-state index contributed by atoms with van der Waals surface area (Å²) in [5.74, 6) is 2.39. The van der Waals surface area contributed by atoms with E-state index in [2.05, 4.69) is 95.5 Å². The van der Waals surface area contributed by atoms with E-state index in [1.807, 2.05) is 36.5 Å². The van der Waals surface area contributed by atoms with Gasteiger partial charge in [-0.25, -0.2) is 0 Å². The molecular formula is C34H30ClIN2O2. The Hall–Kier alpha value is -3.29. The Morgan fingerprint density at radius 2 is 1.82 bits per heavy atom. The van der Waals surface area contributed by atoms with Crippen LogP contribution in [0.25, 0.3) is 0 Å². The van der Waals surface area contributed by atoms with Crippen LogP contribution in [0.3, 0.4) is 0 Å². The highest BCUT2D eigenvalue weighted by Crippen LogP contribution is 2.50. The molecule has 3 atom stereocenters. The average Bonchev–Trinajstić information content (AvgIpc) is 3.47. The van der Waals surface area contributed by atoms with Gasteiger partial charge in [-0.2, -0.15) is 0 Å². The predicted molar refractivity (Wildman–Crippen MR) is 173 cm³/mol. The lowest BCUT2D eigenvalue weighted by Gasteiger charge is -2.37. The molecule has 0 radical (unpaired) electrons. The minimum Gasteiger partial charge on any atom is -0.493 e. The maximum Gasteiger partial charge on any atom is 0.174 e. The van der Waals surface area contributed by atoms with Crippen molar-refractivity contribution in [3.63, 3.8) is 0 Å². The molecule has 40 heavy (non-hydrogen) atoms. The summed E-state index contributed by atoms with van der Waals surface area (Å²) < 4.78 is 12.7. The number of nitrogens with zero attached hydrogens (tertiary/aromatic N) is 1. The van der Waals surface area contributed by atoms with E-state index in [4.69, 9.17) is 26.1 Å². The Kier molecular flexibility index (Phi) is 7.85. The fourth-order valence-electron chi connectivity index (χ4n) is 5.65. The Morgan fingerprint density at radius 3 is 2.60 bits per heavy atom. The van der Waals surface area contributed by atoms with Crippen LogP contribution in [0.4, 0.5) is 11.4 Å². The van der Waals surface area contributed by atoms with Gasteiger partial charge in [-0.15, -0.1) is 0 Å². The normalized spacial score (nSPS) is 19.2. The highest BCUT2D eigenvalue weighted by atomic mass is 127. The first-order valence-corrected chi connectivity index (χ1v) is 14.9. The van der Waals surface area contributed by atoms with Crippen molar-refractivity contribution >= 4 is 51.8 Å². The number of hydrogen-bond acceptors (Lipinski definition) is 4. The van der Waals surface area contributed by atoms with Crippen LogP contribution in [0.1, 0.15) is 46.2 Å². The van der Waals surface area contributed by atoms with Crippen LogP contribution >= 0.6 is 34.2 Å². The summed E-state index contributed by atoms with van der Waals surface area (Å²) in [4.78, 5) is 4.75. The molecule has 0 fully saturated rings. The van der Waals surface area contributed by atoms with Gasteiger partial charge in [0.1, 0.15) is 6.61 Å². The molecule has 0 bridgehead atoms. The molecule has 1 aliphatic carbocycles. The third-order valence-electron chi connectivity index (χ3n) is 7.68. The monoisotopic (exact) mass is 660 g/mol. The van der Waals surface area contributed by atoms with Gasteiger partial charge in [-0.1, -0.05) is 65.7 Å². The van der Waals surface area contributed by atoms with Crippen LogP contribution in [0, 0.1) is 16.4 Å². The van der Waals surface area contributed by atoms with Gasteiger partial charge in [0, 0.05) is 22.8 Å². The first-order chi connectivity index (χ1) is 19.5. The van der Waals surface area contributed by atoms with E-state index in [9.17, 15) is 0 Å². The molecule has 0 amide bonds. The maximum atomic E-state index is 6.10. The molecule has 0 saturated heterocycles. The number of fused-ring (bicyclic) bond motifs is 3. The van der Waals surface area contributed by atoms with E-state index >= 15 is 0 Å². The Bertz CT molecular complexity index is 1580. The summed E-state index contributed by atoms with van der Waals surface area (Å²) in [6.07, 6.45) is 7.69. The molecule has 4 nitrogen and oxygen atoms in total. The zero-order chi connectivity index (χ0) is 27.6. The highest BCUT2D eigenvalue weighted by molar-refractivity contribution is 14.1. The number of allylic oxidation sites excluding steroid dienone is 2. The van der Waals surface area contributed by atoms with Gasteiger partial charge in [0.2, 0.25) is 0 Å². The number of rotatable bonds is 7. The van der Waals surface area contributed by atoms with E-state index in [-0.39, 0.29) is 6.04 Å². The number of aliphatic imine (C=N–C) groups is 1. The highest BCUT2D eigenvalue weighted by Gasteiger charge is 2.37. The third-order valence-corrected chi connectivity index (χ3v) is 8.73. The molecule has 1 N–H and O–H groups in total. The molecule has 4 aromatic rings. The summed E-state index contributed by atoms with van der Waals surface area (Å²) in [6, 6.07) is 27.3. The largest absolute Gasteiger partial charge is 0.493 e. The molecule has 202 valence electrons. The van der Waals surface area contributed by atoms with E-state index in [1.165, 1.54) is 22.4 Å². The first-order valence-electron chi connectivity index (χ1n) is 13.4. The molecule has 0 unspecified atom stereocenters. The van der Waals surface area contributed by atoms with Crippen LogP contribution in [-0.2, 0) is 6.61 Å². The number of nitrogens with one attached hydrogen (secondary N) is 1. The summed E-state index contributed by atoms with van der Waals surface area (Å²) in [5, 5.41) is 4.53. The predicted octanol–water partition coefficient (Wildman–Crippen LogP) is 9.42. The van der Waals surface area contributed by atoms with Gasteiger partial charge in [0.25, 0.3) is 0 Å². The first kappa shape index (κ1) is 26.9. The van der Waals surface area contributed by atoms with Crippen molar-refractivity contribution < 1.29 is 9.47 Å². The number of aryl methyl sites for hydroxylation is 1. The molecule has 1 heterocycles. The molecule has 2 aliphatic rings. The Morgan fingerprint density at radius 1 is 1.02 bits per heavy atom. The molecule has 4 aromatic carbocycles. The molecule has 0 saturated carbocycles. The zero-order valence-corrected chi connectivity index (χ0v) is 25.3. The molecule has 0 spiro atoms. The topological polar surface area (TPSA) is 42.8 Å². The number of hydrogen-bond donors (Lipinski definition) is 1. The zero-order valence-electron chi connectivity index (χ0n) is 22.4. The summed E-state index contributed by atoms with van der Waals surface area (Å²) in [5.41, 5.74) is 8.17. The van der Waals surface area contributed by atoms with Gasteiger partial charge < -0.3 is 14.8 Å². The van der Waals surface area contributed by atoms with E-state index in [0.717, 1.165) is 32.6 Å². The van der Waals surface area contributed by atoms with Gasteiger partial charge in [0.15, 0.2) is 11.5 Å². The summed E-state index contributed by atoms with van der Waals surface area (Å²) in [6.45, 7) is 2.60. The molecule has 6 rings (SSSR count).